The lowest BCUT2D eigenvalue weighted by Gasteiger charge is -2.19. The molecule has 1 aliphatic rings. The Morgan fingerprint density at radius 1 is 0.958 bits per heavy atom. The first-order valence-corrected chi connectivity index (χ1v) is 15.5. The highest BCUT2D eigenvalue weighted by atomic mass is 16.6. The Balaban J connectivity index is 1.03. The molecule has 7 N–H and O–H groups in total. The van der Waals surface area contributed by atoms with Gasteiger partial charge < -0.3 is 45.9 Å². The van der Waals surface area contributed by atoms with Crippen LogP contribution in [0.2, 0.25) is 0 Å². The fourth-order valence-corrected chi connectivity index (χ4v) is 5.37. The summed E-state index contributed by atoms with van der Waals surface area (Å²) in [7, 11) is 0. The summed E-state index contributed by atoms with van der Waals surface area (Å²) in [5, 5.41) is 36.6. The van der Waals surface area contributed by atoms with Crippen molar-refractivity contribution >= 4 is 29.0 Å². The van der Waals surface area contributed by atoms with E-state index in [2.05, 4.69) is 25.6 Å². The van der Waals surface area contributed by atoms with Crippen molar-refractivity contribution in [3.05, 3.63) is 96.3 Å². The lowest BCUT2D eigenvalue weighted by molar-refractivity contribution is -0.0501. The summed E-state index contributed by atoms with van der Waals surface area (Å²) in [6.07, 6.45) is -3.22. The van der Waals surface area contributed by atoms with Crippen LogP contribution in [0, 0.1) is 0 Å². The van der Waals surface area contributed by atoms with E-state index >= 15 is 0 Å². The van der Waals surface area contributed by atoms with E-state index in [-0.39, 0.29) is 12.4 Å². The van der Waals surface area contributed by atoms with E-state index in [9.17, 15) is 20.1 Å². The van der Waals surface area contributed by atoms with Gasteiger partial charge in [-0.1, -0.05) is 66.7 Å². The molecule has 0 aliphatic carbocycles. The van der Waals surface area contributed by atoms with Gasteiger partial charge in [0.2, 0.25) is 5.95 Å². The third kappa shape index (κ3) is 7.47. The number of nitrogens with two attached hydrogens (primary N) is 1. The number of aliphatic hydroxyl groups is 3. The molecule has 250 valence electrons. The van der Waals surface area contributed by atoms with Crippen LogP contribution in [0.3, 0.4) is 0 Å². The smallest absolute Gasteiger partial charge is 0.407 e. The molecule has 3 heterocycles. The summed E-state index contributed by atoms with van der Waals surface area (Å²) in [5.41, 5.74) is 10.5. The predicted octanol–water partition coefficient (Wildman–Crippen LogP) is 2.99. The summed E-state index contributed by atoms with van der Waals surface area (Å²) in [6.45, 7) is 0.980. The summed E-state index contributed by atoms with van der Waals surface area (Å²) in [4.78, 5) is 24.8. The third-order valence-corrected chi connectivity index (χ3v) is 7.92. The van der Waals surface area contributed by atoms with Crippen LogP contribution >= 0.6 is 0 Å². The SMILES string of the molecule is Nc1ncnc2c1nc(NCc1ccc(-c3cccc(OCCCNC(=O)OCc4ccccc4)c3)cc1)n2[C@@H]1O[C@H](CO)[C@@H](O)[C@@H]1O. The second-order valence-electron chi connectivity index (χ2n) is 11.2. The number of nitrogens with zero attached hydrogens (tertiary/aromatic N) is 4. The van der Waals surface area contributed by atoms with Crippen LogP contribution in [0.5, 0.6) is 5.75 Å². The van der Waals surface area contributed by atoms with Gasteiger partial charge in [0.1, 0.15) is 37.0 Å². The molecule has 6 rings (SSSR count). The topological polar surface area (TPSA) is 199 Å². The largest absolute Gasteiger partial charge is 0.494 e. The minimum atomic E-state index is -1.33. The number of hydrogen-bond donors (Lipinski definition) is 6. The van der Waals surface area contributed by atoms with E-state index in [1.807, 2.05) is 78.9 Å². The lowest BCUT2D eigenvalue weighted by atomic mass is 10.0. The van der Waals surface area contributed by atoms with Gasteiger partial charge in [0.15, 0.2) is 23.2 Å². The Morgan fingerprint density at radius 3 is 2.54 bits per heavy atom. The van der Waals surface area contributed by atoms with Gasteiger partial charge >= 0.3 is 6.09 Å². The molecule has 5 aromatic rings. The molecule has 4 atom stereocenters. The van der Waals surface area contributed by atoms with Crippen molar-refractivity contribution in [1.82, 2.24) is 24.8 Å². The number of anilines is 2. The molecule has 1 fully saturated rings. The van der Waals surface area contributed by atoms with Gasteiger partial charge in [-0.15, -0.1) is 0 Å². The Morgan fingerprint density at radius 2 is 1.77 bits per heavy atom. The van der Waals surface area contributed by atoms with Gasteiger partial charge in [0, 0.05) is 13.1 Å². The monoisotopic (exact) mass is 655 g/mol. The number of benzene rings is 3. The minimum Gasteiger partial charge on any atom is -0.494 e. The Hall–Kier alpha value is -5.28. The number of nitrogen functional groups attached to an aromatic ring is 1. The van der Waals surface area contributed by atoms with Crippen molar-refractivity contribution in [1.29, 1.82) is 0 Å². The van der Waals surface area contributed by atoms with Gasteiger partial charge in [-0.25, -0.2) is 19.7 Å². The van der Waals surface area contributed by atoms with Gasteiger partial charge in [0.05, 0.1) is 13.2 Å². The number of amides is 1. The molecular formula is C34H37N7O7. The summed E-state index contributed by atoms with van der Waals surface area (Å²) < 4.78 is 18.4. The zero-order valence-electron chi connectivity index (χ0n) is 26.0. The number of aromatic nitrogens is 4. The first kappa shape index (κ1) is 32.7. The van der Waals surface area contributed by atoms with Crippen LogP contribution in [0.4, 0.5) is 16.6 Å². The molecule has 0 bridgehead atoms. The van der Waals surface area contributed by atoms with Crippen molar-refractivity contribution in [2.45, 2.75) is 44.1 Å². The average Bonchev–Trinajstić information content (AvgIpc) is 3.63. The van der Waals surface area contributed by atoms with Crippen molar-refractivity contribution in [2.75, 3.05) is 30.8 Å². The number of carbonyl (C=O) groups excluding carboxylic acids is 1. The molecule has 0 unspecified atom stereocenters. The normalized spacial score (nSPS) is 18.9. The molecule has 0 saturated carbocycles. The van der Waals surface area contributed by atoms with Gasteiger partial charge in [-0.2, -0.15) is 0 Å². The van der Waals surface area contributed by atoms with Crippen molar-refractivity contribution in [3.63, 3.8) is 0 Å². The van der Waals surface area contributed by atoms with E-state index in [4.69, 9.17) is 19.9 Å². The molecule has 3 aromatic carbocycles. The number of aliphatic hydroxyl groups excluding tert-OH is 3. The maximum Gasteiger partial charge on any atom is 0.407 e. The molecule has 48 heavy (non-hydrogen) atoms. The number of nitrogens with one attached hydrogen (secondary N) is 2. The summed E-state index contributed by atoms with van der Waals surface area (Å²) in [6, 6.07) is 25.2. The van der Waals surface area contributed by atoms with Crippen LogP contribution in [-0.2, 0) is 22.6 Å². The molecule has 2 aromatic heterocycles. The highest BCUT2D eigenvalue weighted by Gasteiger charge is 2.45. The second kappa shape index (κ2) is 15.1. The minimum absolute atomic E-state index is 0.153. The maximum atomic E-state index is 11.9. The zero-order chi connectivity index (χ0) is 33.5. The molecule has 0 radical (unpaired) electrons. The molecular weight excluding hydrogens is 618 g/mol. The number of carbonyl (C=O) groups is 1. The molecule has 0 spiro atoms. The lowest BCUT2D eigenvalue weighted by Crippen LogP contribution is -2.33. The Bertz CT molecular complexity index is 1820. The predicted molar refractivity (Wildman–Crippen MR) is 177 cm³/mol. The quantitative estimate of drug-likeness (QED) is 0.102. The van der Waals surface area contributed by atoms with Crippen LogP contribution in [0.1, 0.15) is 23.8 Å². The third-order valence-electron chi connectivity index (χ3n) is 7.92. The van der Waals surface area contributed by atoms with Crippen molar-refractivity contribution in [3.8, 4) is 16.9 Å². The Labute approximate surface area is 276 Å². The number of fused-ring (bicyclic) bond motifs is 1. The first-order valence-electron chi connectivity index (χ1n) is 15.5. The van der Waals surface area contributed by atoms with Crippen LogP contribution in [0.15, 0.2) is 85.2 Å². The summed E-state index contributed by atoms with van der Waals surface area (Å²) >= 11 is 0. The molecule has 1 amide bonds. The fraction of sp³-hybridized carbons (Fsp3) is 0.294. The molecule has 1 aliphatic heterocycles. The van der Waals surface area contributed by atoms with E-state index in [0.29, 0.717) is 43.2 Å². The number of imidazole rings is 1. The van der Waals surface area contributed by atoms with E-state index in [1.165, 1.54) is 10.9 Å². The summed E-state index contributed by atoms with van der Waals surface area (Å²) in [5.74, 6) is 1.18. The number of ether oxygens (including phenoxy) is 3. The van der Waals surface area contributed by atoms with Crippen molar-refractivity contribution in [2.24, 2.45) is 0 Å². The van der Waals surface area contributed by atoms with E-state index in [1.54, 1.807) is 0 Å². The number of alkyl carbamates (subject to hydrolysis) is 1. The van der Waals surface area contributed by atoms with Crippen LogP contribution in [0.25, 0.3) is 22.3 Å². The maximum absolute atomic E-state index is 11.9. The van der Waals surface area contributed by atoms with Crippen LogP contribution in [-0.4, -0.2) is 79.0 Å². The van der Waals surface area contributed by atoms with Crippen molar-refractivity contribution < 1.29 is 34.3 Å². The fourth-order valence-electron chi connectivity index (χ4n) is 5.37. The Kier molecular flexibility index (Phi) is 10.3. The van der Waals surface area contributed by atoms with E-state index in [0.717, 1.165) is 28.0 Å². The van der Waals surface area contributed by atoms with Gasteiger partial charge in [0.25, 0.3) is 0 Å². The van der Waals surface area contributed by atoms with Gasteiger partial charge in [-0.05, 0) is 40.8 Å². The molecule has 1 saturated heterocycles. The zero-order valence-corrected chi connectivity index (χ0v) is 26.0. The van der Waals surface area contributed by atoms with E-state index < -0.39 is 37.2 Å². The average molecular weight is 656 g/mol. The first-order chi connectivity index (χ1) is 23.4. The highest BCUT2D eigenvalue weighted by molar-refractivity contribution is 5.84. The molecule has 14 nitrogen and oxygen atoms in total. The number of hydrogen-bond acceptors (Lipinski definition) is 12. The highest BCUT2D eigenvalue weighted by Crippen LogP contribution is 2.35. The second-order valence-corrected chi connectivity index (χ2v) is 11.2. The van der Waals surface area contributed by atoms with Gasteiger partial charge in [-0.3, -0.25) is 4.57 Å². The number of rotatable bonds is 13. The standard InChI is InChI=1S/C34H37N7O7/c35-30-27-31(39-20-38-30)41(32-29(44)28(43)26(18-42)48-32)33(40-27)37-17-21-10-12-23(13-11-21)24-8-4-9-25(16-24)46-15-5-14-36-34(45)47-19-22-6-2-1-3-7-22/h1-4,6-13,16,20,26,28-29,32,42-44H,5,14-15,17-19H2,(H,36,45)(H,37,40)(H2,35,38,39)/t26-,28-,29+,32-/m1/s1. The van der Waals surface area contributed by atoms with Crippen LogP contribution < -0.4 is 21.1 Å². The molecule has 14 heteroatoms.